The van der Waals surface area contributed by atoms with Gasteiger partial charge >= 0.3 is 0 Å². The van der Waals surface area contributed by atoms with E-state index in [1.54, 1.807) is 26.0 Å². The highest BCUT2D eigenvalue weighted by Gasteiger charge is 2.30. The van der Waals surface area contributed by atoms with Gasteiger partial charge < -0.3 is 10.2 Å². The highest BCUT2D eigenvalue weighted by atomic mass is 79.9. The zero-order valence-corrected chi connectivity index (χ0v) is 20.7. The van der Waals surface area contributed by atoms with Crippen molar-refractivity contribution < 1.29 is 18.0 Å². The van der Waals surface area contributed by atoms with Crippen LogP contribution in [-0.4, -0.2) is 51.0 Å². The number of likely N-dealkylation sites (N-methyl/N-ethyl adjacent to an activating group) is 1. The summed E-state index contributed by atoms with van der Waals surface area (Å²) in [6.07, 6.45) is 1.07. The Hall–Kier alpha value is -2.39. The molecule has 0 saturated heterocycles. The number of aryl methyl sites for hydroxylation is 2. The number of carbonyl (C=O) groups excluding carboxylic acids is 2. The monoisotopic (exact) mass is 509 g/mol. The number of hydrogen-bond acceptors (Lipinski definition) is 4. The Kier molecular flexibility index (Phi) is 8.25. The van der Waals surface area contributed by atoms with Crippen LogP contribution >= 0.6 is 15.9 Å². The third-order valence-corrected chi connectivity index (χ3v) is 6.58. The fourth-order valence-electron chi connectivity index (χ4n) is 3.30. The first kappa shape index (κ1) is 24.9. The first-order chi connectivity index (χ1) is 14.4. The molecule has 1 N–H and O–H groups in total. The Morgan fingerprint density at radius 3 is 2.35 bits per heavy atom. The van der Waals surface area contributed by atoms with E-state index < -0.39 is 28.5 Å². The van der Waals surface area contributed by atoms with Crippen LogP contribution in [-0.2, 0) is 26.2 Å². The number of amides is 2. The van der Waals surface area contributed by atoms with Gasteiger partial charge in [-0.15, -0.1) is 0 Å². The van der Waals surface area contributed by atoms with Crippen LogP contribution < -0.4 is 9.62 Å². The molecule has 1 atom stereocenters. The largest absolute Gasteiger partial charge is 0.357 e. The SMILES string of the molecule is CNC(=O)[C@@H](C)N(Cc1cccc(Br)c1)C(=O)CN(c1ccc(C)cc1C)S(C)(=O)=O. The van der Waals surface area contributed by atoms with Gasteiger partial charge in [-0.05, 0) is 50.1 Å². The van der Waals surface area contributed by atoms with Gasteiger partial charge in [0.05, 0.1) is 11.9 Å². The van der Waals surface area contributed by atoms with Crippen molar-refractivity contribution >= 4 is 43.5 Å². The second-order valence-electron chi connectivity index (χ2n) is 7.50. The number of nitrogens with zero attached hydrogens (tertiary/aromatic N) is 2. The molecule has 0 bridgehead atoms. The number of carbonyl (C=O) groups is 2. The predicted molar refractivity (Wildman–Crippen MR) is 126 cm³/mol. The molecule has 0 aromatic heterocycles. The van der Waals surface area contributed by atoms with Gasteiger partial charge in [-0.25, -0.2) is 8.42 Å². The summed E-state index contributed by atoms with van der Waals surface area (Å²) in [7, 11) is -2.24. The number of halogens is 1. The molecule has 7 nitrogen and oxygen atoms in total. The standard InChI is InChI=1S/C22H28BrN3O4S/c1-15-9-10-20(16(2)11-15)26(31(5,29)30)14-21(27)25(17(3)22(28)24-4)13-18-7-6-8-19(23)12-18/h6-12,17H,13-14H2,1-5H3,(H,24,28)/t17-/m1/s1. The molecule has 0 radical (unpaired) electrons. The number of sulfonamides is 1. The summed E-state index contributed by atoms with van der Waals surface area (Å²) in [6.45, 7) is 5.10. The van der Waals surface area contributed by atoms with Crippen molar-refractivity contribution in [3.63, 3.8) is 0 Å². The van der Waals surface area contributed by atoms with Crippen molar-refractivity contribution in [1.82, 2.24) is 10.2 Å². The quantitative estimate of drug-likeness (QED) is 0.592. The van der Waals surface area contributed by atoms with E-state index in [-0.39, 0.29) is 12.5 Å². The molecule has 0 unspecified atom stereocenters. The summed E-state index contributed by atoms with van der Waals surface area (Å²) < 4.78 is 27.1. The lowest BCUT2D eigenvalue weighted by Gasteiger charge is -2.31. The van der Waals surface area contributed by atoms with Gasteiger partial charge in [-0.1, -0.05) is 45.8 Å². The van der Waals surface area contributed by atoms with Crippen molar-refractivity contribution in [3.8, 4) is 0 Å². The van der Waals surface area contributed by atoms with E-state index in [2.05, 4.69) is 21.2 Å². The van der Waals surface area contributed by atoms with E-state index in [0.717, 1.165) is 31.7 Å². The van der Waals surface area contributed by atoms with Crippen LogP contribution in [0.25, 0.3) is 0 Å². The van der Waals surface area contributed by atoms with Crippen LogP contribution in [0.15, 0.2) is 46.9 Å². The molecule has 0 saturated carbocycles. The molecule has 2 rings (SSSR count). The predicted octanol–water partition coefficient (Wildman–Crippen LogP) is 3.00. The number of nitrogens with one attached hydrogen (secondary N) is 1. The molecule has 31 heavy (non-hydrogen) atoms. The van der Waals surface area contributed by atoms with Crippen molar-refractivity contribution in [1.29, 1.82) is 0 Å². The minimum absolute atomic E-state index is 0.164. The molecule has 0 aliphatic heterocycles. The van der Waals surface area contributed by atoms with E-state index in [0.29, 0.717) is 5.69 Å². The third kappa shape index (κ3) is 6.54. The molecular weight excluding hydrogens is 482 g/mol. The van der Waals surface area contributed by atoms with Gasteiger partial charge in [-0.3, -0.25) is 13.9 Å². The summed E-state index contributed by atoms with van der Waals surface area (Å²) in [5.41, 5.74) is 2.99. The van der Waals surface area contributed by atoms with Crippen LogP contribution in [0.2, 0.25) is 0 Å². The van der Waals surface area contributed by atoms with Gasteiger partial charge in [0, 0.05) is 18.1 Å². The molecule has 0 spiro atoms. The molecule has 0 heterocycles. The highest BCUT2D eigenvalue weighted by molar-refractivity contribution is 9.10. The van der Waals surface area contributed by atoms with Crippen LogP contribution in [0.4, 0.5) is 5.69 Å². The minimum Gasteiger partial charge on any atom is -0.357 e. The van der Waals surface area contributed by atoms with E-state index >= 15 is 0 Å². The van der Waals surface area contributed by atoms with Crippen LogP contribution in [0, 0.1) is 13.8 Å². The lowest BCUT2D eigenvalue weighted by atomic mass is 10.1. The maximum atomic E-state index is 13.3. The van der Waals surface area contributed by atoms with Crippen molar-refractivity contribution in [3.05, 3.63) is 63.6 Å². The van der Waals surface area contributed by atoms with E-state index in [4.69, 9.17) is 0 Å². The molecule has 2 amide bonds. The third-order valence-electron chi connectivity index (χ3n) is 4.96. The zero-order chi connectivity index (χ0) is 23.3. The van der Waals surface area contributed by atoms with Crippen LogP contribution in [0.5, 0.6) is 0 Å². The van der Waals surface area contributed by atoms with Gasteiger partial charge in [0.2, 0.25) is 21.8 Å². The second-order valence-corrected chi connectivity index (χ2v) is 10.3. The Bertz CT molecular complexity index is 1070. The Morgan fingerprint density at radius 1 is 1.13 bits per heavy atom. The lowest BCUT2D eigenvalue weighted by Crippen LogP contribution is -2.50. The fraction of sp³-hybridized carbons (Fsp3) is 0.364. The summed E-state index contributed by atoms with van der Waals surface area (Å²) in [5, 5.41) is 2.55. The summed E-state index contributed by atoms with van der Waals surface area (Å²) in [5.74, 6) is -0.803. The van der Waals surface area contributed by atoms with Crippen molar-refractivity contribution in [2.75, 3.05) is 24.2 Å². The normalized spacial score (nSPS) is 12.2. The maximum Gasteiger partial charge on any atom is 0.244 e. The van der Waals surface area contributed by atoms with Gasteiger partial charge in [0.15, 0.2) is 0 Å². The van der Waals surface area contributed by atoms with Crippen LogP contribution in [0.1, 0.15) is 23.6 Å². The maximum absolute atomic E-state index is 13.3. The van der Waals surface area contributed by atoms with Crippen LogP contribution in [0.3, 0.4) is 0 Å². The first-order valence-corrected chi connectivity index (χ1v) is 12.4. The molecule has 0 aliphatic rings. The number of anilines is 1. The van der Waals surface area contributed by atoms with Crippen molar-refractivity contribution in [2.24, 2.45) is 0 Å². The first-order valence-electron chi connectivity index (χ1n) is 9.74. The highest BCUT2D eigenvalue weighted by Crippen LogP contribution is 2.24. The summed E-state index contributed by atoms with van der Waals surface area (Å²) in [4.78, 5) is 27.0. The smallest absolute Gasteiger partial charge is 0.244 e. The lowest BCUT2D eigenvalue weighted by molar-refractivity contribution is -0.139. The average molecular weight is 510 g/mol. The van der Waals surface area contributed by atoms with Gasteiger partial charge in [-0.2, -0.15) is 0 Å². The topological polar surface area (TPSA) is 86.8 Å². The molecule has 0 aliphatic carbocycles. The molecule has 2 aromatic carbocycles. The van der Waals surface area contributed by atoms with E-state index in [9.17, 15) is 18.0 Å². The summed E-state index contributed by atoms with van der Waals surface area (Å²) >= 11 is 3.41. The van der Waals surface area contributed by atoms with Crippen molar-refractivity contribution in [2.45, 2.75) is 33.4 Å². The molecule has 168 valence electrons. The molecule has 2 aromatic rings. The van der Waals surface area contributed by atoms with E-state index in [1.165, 1.54) is 11.9 Å². The second kappa shape index (κ2) is 10.3. The number of benzene rings is 2. The number of hydrogen-bond donors (Lipinski definition) is 1. The minimum atomic E-state index is -3.74. The Balaban J connectivity index is 2.42. The average Bonchev–Trinajstić information content (AvgIpc) is 2.68. The number of rotatable bonds is 8. The fourth-order valence-corrected chi connectivity index (χ4v) is 4.66. The summed E-state index contributed by atoms with van der Waals surface area (Å²) in [6, 6.07) is 12.0. The van der Waals surface area contributed by atoms with E-state index in [1.807, 2.05) is 37.3 Å². The Morgan fingerprint density at radius 2 is 1.81 bits per heavy atom. The molecule has 9 heteroatoms. The zero-order valence-electron chi connectivity index (χ0n) is 18.3. The van der Waals surface area contributed by atoms with Gasteiger partial charge in [0.25, 0.3) is 0 Å². The molecule has 0 fully saturated rings. The van der Waals surface area contributed by atoms with Gasteiger partial charge in [0.1, 0.15) is 12.6 Å². The molecular formula is C22H28BrN3O4S. The Labute approximate surface area is 192 Å².